The zero-order chi connectivity index (χ0) is 10.0. The van der Waals surface area contributed by atoms with E-state index in [0.717, 1.165) is 0 Å². The van der Waals surface area contributed by atoms with Crippen molar-refractivity contribution in [3.8, 4) is 0 Å². The highest BCUT2D eigenvalue weighted by molar-refractivity contribution is 5.70. The van der Waals surface area contributed by atoms with E-state index in [1.165, 1.54) is 4.90 Å². The van der Waals surface area contributed by atoms with Crippen LogP contribution in [-0.4, -0.2) is 41.4 Å². The van der Waals surface area contributed by atoms with Gasteiger partial charge in [0.15, 0.2) is 0 Å². The fourth-order valence-corrected chi connectivity index (χ4v) is 1.64. The monoisotopic (exact) mass is 185 g/mol. The minimum absolute atomic E-state index is 0.259. The second kappa shape index (κ2) is 3.79. The van der Waals surface area contributed by atoms with E-state index in [1.807, 2.05) is 0 Å². The Kier molecular flexibility index (Phi) is 2.93. The Labute approximate surface area is 77.8 Å². The largest absolute Gasteiger partial charge is 0.443 e. The third kappa shape index (κ3) is 1.83. The molecule has 74 valence electrons. The zero-order valence-corrected chi connectivity index (χ0v) is 7.93. The van der Waals surface area contributed by atoms with E-state index in [0.29, 0.717) is 6.42 Å². The van der Waals surface area contributed by atoms with Crippen LogP contribution < -0.4 is 0 Å². The number of rotatable bonds is 3. The molecule has 1 rings (SSSR count). The third-order valence-corrected chi connectivity index (χ3v) is 2.26. The van der Waals surface area contributed by atoms with Gasteiger partial charge in [0, 0.05) is 13.5 Å². The van der Waals surface area contributed by atoms with Crippen molar-refractivity contribution in [1.82, 2.24) is 4.90 Å². The molecule has 1 heterocycles. The average molecular weight is 185 g/mol. The van der Waals surface area contributed by atoms with Crippen molar-refractivity contribution in [2.75, 3.05) is 7.05 Å². The van der Waals surface area contributed by atoms with Gasteiger partial charge < -0.3 is 14.7 Å². The third-order valence-electron chi connectivity index (χ3n) is 2.26. The van der Waals surface area contributed by atoms with Gasteiger partial charge >= 0.3 is 6.09 Å². The fraction of sp³-hybridized carbons (Fsp3) is 0.667. The fourth-order valence-electron chi connectivity index (χ4n) is 1.64. The topological polar surface area (TPSA) is 49.8 Å². The number of aliphatic hydroxyl groups excluding tert-OH is 1. The lowest BCUT2D eigenvalue weighted by Crippen LogP contribution is -2.41. The second-order valence-electron chi connectivity index (χ2n) is 3.29. The van der Waals surface area contributed by atoms with Crippen LogP contribution in [0, 0.1) is 0 Å². The predicted octanol–water partition coefficient (Wildman–Crippen LogP) is 0.762. The summed E-state index contributed by atoms with van der Waals surface area (Å²) in [6.45, 7) is 5.23. The van der Waals surface area contributed by atoms with Crippen molar-refractivity contribution < 1.29 is 14.6 Å². The normalized spacial score (nSPS) is 30.1. The summed E-state index contributed by atoms with van der Waals surface area (Å²) in [6.07, 6.45) is 1.03. The van der Waals surface area contributed by atoms with Crippen LogP contribution in [0.25, 0.3) is 0 Å². The van der Waals surface area contributed by atoms with Gasteiger partial charge in [-0.3, -0.25) is 0 Å². The zero-order valence-electron chi connectivity index (χ0n) is 7.93. The Morgan fingerprint density at radius 3 is 2.92 bits per heavy atom. The molecular formula is C9H15NO3. The van der Waals surface area contributed by atoms with Crippen molar-refractivity contribution in [1.29, 1.82) is 0 Å². The van der Waals surface area contributed by atoms with E-state index in [9.17, 15) is 9.90 Å². The number of carbonyl (C=O) groups excluding carboxylic acids is 1. The summed E-state index contributed by atoms with van der Waals surface area (Å²) in [5.74, 6) is 0. The molecule has 1 saturated heterocycles. The molecule has 13 heavy (non-hydrogen) atoms. The van der Waals surface area contributed by atoms with Gasteiger partial charge in [-0.15, -0.1) is 6.58 Å². The van der Waals surface area contributed by atoms with Crippen molar-refractivity contribution in [3.63, 3.8) is 0 Å². The molecule has 4 heteroatoms. The van der Waals surface area contributed by atoms with E-state index in [4.69, 9.17) is 4.74 Å². The Bertz CT molecular complexity index is 215. The molecule has 0 aliphatic carbocycles. The van der Waals surface area contributed by atoms with Crippen LogP contribution in [0.3, 0.4) is 0 Å². The number of cyclic esters (lactones) is 1. The smallest absolute Gasteiger partial charge is 0.410 e. The lowest BCUT2D eigenvalue weighted by atomic mass is 10.0. The summed E-state index contributed by atoms with van der Waals surface area (Å²) in [6, 6.07) is -0.259. The highest BCUT2D eigenvalue weighted by Crippen LogP contribution is 2.23. The van der Waals surface area contributed by atoms with Crippen LogP contribution in [-0.2, 0) is 4.74 Å². The van der Waals surface area contributed by atoms with Gasteiger partial charge in [0.1, 0.15) is 6.10 Å². The predicted molar refractivity (Wildman–Crippen MR) is 48.3 cm³/mol. The molecule has 0 saturated carbocycles. The first-order valence-electron chi connectivity index (χ1n) is 4.30. The lowest BCUT2D eigenvalue weighted by molar-refractivity contribution is 0.0743. The minimum atomic E-state index is -0.582. The summed E-state index contributed by atoms with van der Waals surface area (Å²) >= 11 is 0. The molecule has 1 fully saturated rings. The number of amides is 1. The number of hydrogen-bond acceptors (Lipinski definition) is 3. The number of ether oxygens (including phenoxy) is 1. The second-order valence-corrected chi connectivity index (χ2v) is 3.29. The molecule has 1 N–H and O–H groups in total. The van der Waals surface area contributed by atoms with Gasteiger partial charge in [-0.2, -0.15) is 0 Å². The van der Waals surface area contributed by atoms with E-state index in [2.05, 4.69) is 6.58 Å². The van der Waals surface area contributed by atoms with Gasteiger partial charge in [0.05, 0.1) is 12.1 Å². The summed E-state index contributed by atoms with van der Waals surface area (Å²) in [5.41, 5.74) is 0. The molecule has 3 atom stereocenters. The van der Waals surface area contributed by atoms with Crippen LogP contribution >= 0.6 is 0 Å². The first-order valence-corrected chi connectivity index (χ1v) is 4.30. The molecule has 1 aliphatic rings. The van der Waals surface area contributed by atoms with Gasteiger partial charge in [-0.05, 0) is 6.92 Å². The number of aliphatic hydroxyl groups is 1. The van der Waals surface area contributed by atoms with Crippen LogP contribution in [0.2, 0.25) is 0 Å². The van der Waals surface area contributed by atoms with E-state index in [1.54, 1.807) is 20.0 Å². The van der Waals surface area contributed by atoms with Crippen molar-refractivity contribution in [2.45, 2.75) is 31.6 Å². The first kappa shape index (κ1) is 10.1. The molecule has 4 nitrogen and oxygen atoms in total. The van der Waals surface area contributed by atoms with Gasteiger partial charge in [-0.1, -0.05) is 6.08 Å². The lowest BCUT2D eigenvalue weighted by Gasteiger charge is -2.23. The molecule has 0 radical (unpaired) electrons. The summed E-state index contributed by atoms with van der Waals surface area (Å²) < 4.78 is 5.04. The SMILES string of the molecule is C=CC[C@@H]1OC(=O)N(C)[C@@H]1[C@@H](C)O. The summed E-state index contributed by atoms with van der Waals surface area (Å²) in [7, 11) is 1.63. The number of carbonyl (C=O) groups is 1. The van der Waals surface area contributed by atoms with Crippen LogP contribution in [0.4, 0.5) is 4.79 Å². The first-order chi connectivity index (χ1) is 6.07. The minimum Gasteiger partial charge on any atom is -0.443 e. The van der Waals surface area contributed by atoms with Crippen LogP contribution in [0.15, 0.2) is 12.7 Å². The maximum Gasteiger partial charge on any atom is 0.410 e. The molecule has 0 spiro atoms. The molecule has 1 aliphatic heterocycles. The number of likely N-dealkylation sites (N-methyl/N-ethyl adjacent to an activating group) is 1. The van der Waals surface area contributed by atoms with E-state index >= 15 is 0 Å². The summed E-state index contributed by atoms with van der Waals surface area (Å²) in [5, 5.41) is 9.43. The maximum atomic E-state index is 11.1. The maximum absolute atomic E-state index is 11.1. The highest BCUT2D eigenvalue weighted by Gasteiger charge is 2.41. The van der Waals surface area contributed by atoms with Crippen molar-refractivity contribution in [2.24, 2.45) is 0 Å². The van der Waals surface area contributed by atoms with Gasteiger partial charge in [-0.25, -0.2) is 4.79 Å². The van der Waals surface area contributed by atoms with Crippen molar-refractivity contribution in [3.05, 3.63) is 12.7 Å². The Hall–Kier alpha value is -1.03. The Balaban J connectivity index is 2.73. The van der Waals surface area contributed by atoms with E-state index in [-0.39, 0.29) is 18.2 Å². The van der Waals surface area contributed by atoms with Gasteiger partial charge in [0.2, 0.25) is 0 Å². The average Bonchev–Trinajstić information content (AvgIpc) is 2.28. The molecular weight excluding hydrogens is 170 g/mol. The quantitative estimate of drug-likeness (QED) is 0.660. The molecule has 0 aromatic heterocycles. The molecule has 1 amide bonds. The number of nitrogens with zero attached hydrogens (tertiary/aromatic N) is 1. The standard InChI is InChI=1S/C9H15NO3/c1-4-5-7-8(6(2)11)10(3)9(12)13-7/h4,6-8,11H,1,5H2,2-3H3/t6-,7+,8-/m1/s1. The Morgan fingerprint density at radius 1 is 1.85 bits per heavy atom. The van der Waals surface area contributed by atoms with E-state index < -0.39 is 6.10 Å². The number of hydrogen-bond donors (Lipinski definition) is 1. The molecule has 0 aromatic rings. The van der Waals surface area contributed by atoms with Crippen LogP contribution in [0.1, 0.15) is 13.3 Å². The molecule has 0 bridgehead atoms. The molecule has 0 aromatic carbocycles. The highest BCUT2D eigenvalue weighted by atomic mass is 16.6. The summed E-state index contributed by atoms with van der Waals surface area (Å²) in [4.78, 5) is 12.6. The molecule has 0 unspecified atom stereocenters. The van der Waals surface area contributed by atoms with Gasteiger partial charge in [0.25, 0.3) is 0 Å². The van der Waals surface area contributed by atoms with Crippen molar-refractivity contribution >= 4 is 6.09 Å². The Morgan fingerprint density at radius 2 is 2.46 bits per heavy atom. The van der Waals surface area contributed by atoms with Crippen LogP contribution in [0.5, 0.6) is 0 Å².